The number of esters is 1. The Morgan fingerprint density at radius 3 is 2.58 bits per heavy atom. The lowest BCUT2D eigenvalue weighted by Crippen LogP contribution is -2.46. The second-order valence-corrected chi connectivity index (χ2v) is 10.9. The number of aliphatic hydroxyl groups is 2. The van der Waals surface area contributed by atoms with Crippen LogP contribution < -0.4 is 15.3 Å². The van der Waals surface area contributed by atoms with Gasteiger partial charge in [0.05, 0.1) is 12.7 Å². The highest BCUT2D eigenvalue weighted by Crippen LogP contribution is 2.46. The van der Waals surface area contributed by atoms with Crippen LogP contribution in [0, 0.1) is 4.64 Å². The third-order valence-corrected chi connectivity index (χ3v) is 7.17. The second kappa shape index (κ2) is 11.3. The predicted octanol–water partition coefficient (Wildman–Crippen LogP) is 2.05. The molecule has 0 aliphatic carbocycles. The first kappa shape index (κ1) is 28.2. The molecule has 1 aliphatic rings. The fourth-order valence-electron chi connectivity index (χ4n) is 3.50. The summed E-state index contributed by atoms with van der Waals surface area (Å²) in [4.78, 5) is 27.0. The average Bonchev–Trinajstić information content (AvgIpc) is 3.01. The lowest BCUT2D eigenvalue weighted by molar-refractivity contribution is -0.149. The van der Waals surface area contributed by atoms with E-state index in [1.54, 1.807) is 44.2 Å². The largest absolute Gasteiger partial charge is 0.462 e. The maximum Gasteiger partial charge on any atom is 0.459 e. The summed E-state index contributed by atoms with van der Waals surface area (Å²) in [7, 11) is -4.24. The highest BCUT2D eigenvalue weighted by molar-refractivity contribution is 7.71. The van der Waals surface area contributed by atoms with Crippen LogP contribution in [0.5, 0.6) is 5.75 Å². The van der Waals surface area contributed by atoms with Gasteiger partial charge in [-0.3, -0.25) is 18.9 Å². The van der Waals surface area contributed by atoms with Gasteiger partial charge >= 0.3 is 19.4 Å². The SMILES string of the molecule is CC(C)OC(=O)[C@H](C)NP(=O)(OC[C@H]1O[C@@H](n2ccc(=S)[nH]c2=O)[C@](C)(O)C1O)Oc1ccccc1. The molecule has 12 nitrogen and oxygen atoms in total. The van der Waals surface area contributed by atoms with Crippen molar-refractivity contribution in [3.63, 3.8) is 0 Å². The number of hydrogen-bond acceptors (Lipinski definition) is 10. The van der Waals surface area contributed by atoms with Crippen molar-refractivity contribution < 1.29 is 38.1 Å². The normalized spacial score (nSPS) is 26.4. The second-order valence-electron chi connectivity index (χ2n) is 8.75. The van der Waals surface area contributed by atoms with E-state index >= 15 is 0 Å². The number of nitrogens with one attached hydrogen (secondary N) is 2. The Labute approximate surface area is 212 Å². The third-order valence-electron chi connectivity index (χ3n) is 5.29. The molecule has 4 N–H and O–H groups in total. The number of ether oxygens (including phenoxy) is 2. The molecule has 1 saturated heterocycles. The van der Waals surface area contributed by atoms with Gasteiger partial charge in [-0.15, -0.1) is 0 Å². The fraction of sp³-hybridized carbons (Fsp3) is 0.500. The van der Waals surface area contributed by atoms with Gasteiger partial charge in [-0.2, -0.15) is 5.09 Å². The lowest BCUT2D eigenvalue weighted by Gasteiger charge is -2.27. The van der Waals surface area contributed by atoms with Gasteiger partial charge in [0.15, 0.2) is 6.23 Å². The molecule has 3 rings (SSSR count). The fourth-order valence-corrected chi connectivity index (χ4v) is 5.15. The van der Waals surface area contributed by atoms with Gasteiger partial charge in [-0.25, -0.2) is 9.36 Å². The monoisotopic (exact) mass is 543 g/mol. The molecule has 2 aromatic rings. The summed E-state index contributed by atoms with van der Waals surface area (Å²) >= 11 is 4.92. The van der Waals surface area contributed by atoms with Crippen molar-refractivity contribution in [2.24, 2.45) is 0 Å². The summed E-state index contributed by atoms with van der Waals surface area (Å²) < 4.78 is 36.8. The van der Waals surface area contributed by atoms with Crippen LogP contribution in [-0.4, -0.2) is 62.3 Å². The van der Waals surface area contributed by atoms with Crippen molar-refractivity contribution in [1.82, 2.24) is 14.6 Å². The van der Waals surface area contributed by atoms with E-state index in [-0.39, 0.29) is 10.4 Å². The van der Waals surface area contributed by atoms with Crippen LogP contribution in [0.2, 0.25) is 0 Å². The molecule has 14 heteroatoms. The van der Waals surface area contributed by atoms with Gasteiger partial charge in [0.25, 0.3) is 0 Å². The Bertz CT molecular complexity index is 1220. The molecule has 2 unspecified atom stereocenters. The van der Waals surface area contributed by atoms with E-state index in [1.165, 1.54) is 26.1 Å². The minimum atomic E-state index is -4.24. The van der Waals surface area contributed by atoms with E-state index in [0.29, 0.717) is 0 Å². The molecule has 1 fully saturated rings. The molecule has 198 valence electrons. The number of rotatable bonds is 10. The van der Waals surface area contributed by atoms with Gasteiger partial charge in [0.2, 0.25) is 0 Å². The Balaban J connectivity index is 1.80. The number of carbonyl (C=O) groups is 1. The van der Waals surface area contributed by atoms with Crippen molar-refractivity contribution in [3.8, 4) is 5.75 Å². The first-order valence-corrected chi connectivity index (χ1v) is 13.1. The molecule has 0 amide bonds. The highest BCUT2D eigenvalue weighted by Gasteiger charge is 2.54. The van der Waals surface area contributed by atoms with Gasteiger partial charge in [-0.05, 0) is 45.9 Å². The number of aliphatic hydroxyl groups excluding tert-OH is 1. The Hall–Kier alpha value is -2.38. The molecular weight excluding hydrogens is 513 g/mol. The van der Waals surface area contributed by atoms with Crippen LogP contribution in [-0.2, 0) is 23.4 Å². The molecule has 0 saturated carbocycles. The molecule has 2 heterocycles. The van der Waals surface area contributed by atoms with Gasteiger partial charge in [0.1, 0.15) is 34.2 Å². The number of aromatic nitrogens is 2. The molecule has 36 heavy (non-hydrogen) atoms. The average molecular weight is 544 g/mol. The summed E-state index contributed by atoms with van der Waals surface area (Å²) in [5, 5.41) is 24.2. The maximum absolute atomic E-state index is 13.6. The Morgan fingerprint density at radius 2 is 1.97 bits per heavy atom. The Morgan fingerprint density at radius 1 is 1.31 bits per heavy atom. The first-order valence-electron chi connectivity index (χ1n) is 11.2. The van der Waals surface area contributed by atoms with Crippen molar-refractivity contribution in [3.05, 3.63) is 57.7 Å². The summed E-state index contributed by atoms with van der Waals surface area (Å²) in [5.74, 6) is -0.479. The van der Waals surface area contributed by atoms with E-state index in [4.69, 9.17) is 30.7 Å². The number of H-pyrrole nitrogens is 1. The van der Waals surface area contributed by atoms with E-state index in [1.807, 2.05) is 0 Å². The zero-order chi connectivity index (χ0) is 26.7. The number of benzene rings is 1. The molecule has 6 atom stereocenters. The Kier molecular flexibility index (Phi) is 8.88. The van der Waals surface area contributed by atoms with Crippen molar-refractivity contribution in [1.29, 1.82) is 0 Å². The number of aromatic amines is 1. The quantitative estimate of drug-likeness (QED) is 0.197. The summed E-state index contributed by atoms with van der Waals surface area (Å²) in [5.41, 5.74) is -2.57. The van der Waals surface area contributed by atoms with E-state index in [0.717, 1.165) is 4.57 Å². The molecule has 0 radical (unpaired) electrons. The van der Waals surface area contributed by atoms with Gasteiger partial charge in [0, 0.05) is 6.20 Å². The minimum Gasteiger partial charge on any atom is -0.462 e. The number of carbonyl (C=O) groups excluding carboxylic acids is 1. The van der Waals surface area contributed by atoms with Crippen LogP contribution >= 0.6 is 20.0 Å². The van der Waals surface area contributed by atoms with Crippen LogP contribution in [0.4, 0.5) is 0 Å². The molecule has 1 aromatic heterocycles. The van der Waals surface area contributed by atoms with Crippen molar-refractivity contribution >= 4 is 25.9 Å². The zero-order valence-corrected chi connectivity index (χ0v) is 21.9. The van der Waals surface area contributed by atoms with E-state index in [2.05, 4.69) is 10.1 Å². The van der Waals surface area contributed by atoms with E-state index in [9.17, 15) is 24.4 Å². The molecule has 1 aromatic carbocycles. The standard InChI is InChI=1S/C22H30N3O9PS/c1-13(2)32-19(27)14(3)24-35(30,34-15-8-6-5-7-9-15)31-12-16-18(26)22(4,29)20(33-16)25-11-10-17(36)23-21(25)28/h5-11,13-14,16,18,20,26,29H,12H2,1-4H3,(H,24,30)(H,23,28,36)/t14-,16+,18?,20+,22+,35?/m0/s1. The highest BCUT2D eigenvalue weighted by atomic mass is 32.1. The minimum absolute atomic E-state index is 0.185. The van der Waals surface area contributed by atoms with Crippen LogP contribution in [0.25, 0.3) is 0 Å². The third kappa shape index (κ3) is 6.68. The molecular formula is C22H30N3O9PS. The summed E-state index contributed by atoms with van der Waals surface area (Å²) in [6.07, 6.45) is -3.13. The predicted molar refractivity (Wildman–Crippen MR) is 131 cm³/mol. The van der Waals surface area contributed by atoms with Gasteiger partial charge < -0.3 is 24.2 Å². The van der Waals surface area contributed by atoms with E-state index < -0.39 is 62.2 Å². The van der Waals surface area contributed by atoms with Crippen LogP contribution in [0.1, 0.15) is 33.9 Å². The molecule has 1 aliphatic heterocycles. The summed E-state index contributed by atoms with van der Waals surface area (Å²) in [6.45, 7) is 5.55. The molecule has 0 bridgehead atoms. The number of hydrogen-bond donors (Lipinski definition) is 4. The van der Waals surface area contributed by atoms with Crippen LogP contribution in [0.15, 0.2) is 47.4 Å². The first-order chi connectivity index (χ1) is 16.8. The maximum atomic E-state index is 13.6. The van der Waals surface area contributed by atoms with Crippen molar-refractivity contribution in [2.75, 3.05) is 6.61 Å². The smallest absolute Gasteiger partial charge is 0.459 e. The lowest BCUT2D eigenvalue weighted by atomic mass is 9.96. The van der Waals surface area contributed by atoms with Crippen LogP contribution in [0.3, 0.4) is 0 Å². The van der Waals surface area contributed by atoms with Gasteiger partial charge in [-0.1, -0.05) is 30.4 Å². The zero-order valence-electron chi connectivity index (χ0n) is 20.2. The van der Waals surface area contributed by atoms with Crippen molar-refractivity contribution in [2.45, 2.75) is 63.9 Å². The molecule has 0 spiro atoms. The summed E-state index contributed by atoms with van der Waals surface area (Å²) in [6, 6.07) is 8.49. The topological polar surface area (TPSA) is 161 Å². The number of para-hydroxylation sites is 1. The number of nitrogens with zero attached hydrogens (tertiary/aromatic N) is 1.